The molecule has 0 amide bonds. The quantitative estimate of drug-likeness (QED) is 0.524. The number of nitrogens with zero attached hydrogens (tertiary/aromatic N) is 2. The normalized spacial score (nSPS) is 15.1. The first-order chi connectivity index (χ1) is 6.56. The Balaban J connectivity index is 2.95. The molecule has 6 nitrogen and oxygen atoms in total. The van der Waals surface area contributed by atoms with Crippen LogP contribution in [0.25, 0.3) is 0 Å². The Morgan fingerprint density at radius 3 is 2.64 bits per heavy atom. The van der Waals surface area contributed by atoms with Gasteiger partial charge in [0, 0.05) is 0 Å². The van der Waals surface area contributed by atoms with Crippen LogP contribution < -0.4 is 5.73 Å². The van der Waals surface area contributed by atoms with Crippen LogP contribution >= 0.6 is 11.6 Å². The standard InChI is InChI=1S/C7H10ClN3O3/c8-7-5(6(14)3(13)2-12)10-1-4(9)11-7/h1,3,6,12-14H,2H2,(H2,9,11). The van der Waals surface area contributed by atoms with Crippen molar-refractivity contribution in [2.75, 3.05) is 12.3 Å². The molecule has 78 valence electrons. The van der Waals surface area contributed by atoms with Gasteiger partial charge in [0.15, 0.2) is 5.15 Å². The van der Waals surface area contributed by atoms with Gasteiger partial charge in [0.2, 0.25) is 0 Å². The van der Waals surface area contributed by atoms with E-state index < -0.39 is 18.8 Å². The molecular weight excluding hydrogens is 210 g/mol. The van der Waals surface area contributed by atoms with Crippen molar-refractivity contribution in [3.8, 4) is 0 Å². The number of rotatable bonds is 3. The molecule has 1 heterocycles. The van der Waals surface area contributed by atoms with E-state index in [1.807, 2.05) is 0 Å². The van der Waals surface area contributed by atoms with Crippen LogP contribution in [0.2, 0.25) is 5.15 Å². The van der Waals surface area contributed by atoms with Crippen LogP contribution in [0.4, 0.5) is 5.82 Å². The third-order valence-electron chi connectivity index (χ3n) is 1.61. The zero-order chi connectivity index (χ0) is 10.7. The van der Waals surface area contributed by atoms with Crippen molar-refractivity contribution in [1.29, 1.82) is 0 Å². The van der Waals surface area contributed by atoms with Crippen LogP contribution in [0.1, 0.15) is 11.8 Å². The largest absolute Gasteiger partial charge is 0.394 e. The fourth-order valence-corrected chi connectivity index (χ4v) is 1.13. The second kappa shape index (κ2) is 4.52. The van der Waals surface area contributed by atoms with Gasteiger partial charge in [-0.15, -0.1) is 0 Å². The summed E-state index contributed by atoms with van der Waals surface area (Å²) in [5.41, 5.74) is 5.27. The molecule has 1 aromatic heterocycles. The van der Waals surface area contributed by atoms with E-state index in [-0.39, 0.29) is 16.7 Å². The SMILES string of the molecule is Nc1cnc(C(O)C(O)CO)c(Cl)n1. The van der Waals surface area contributed by atoms with Gasteiger partial charge >= 0.3 is 0 Å². The summed E-state index contributed by atoms with van der Waals surface area (Å²) in [4.78, 5) is 7.35. The average Bonchev–Trinajstić information content (AvgIpc) is 2.15. The monoisotopic (exact) mass is 219 g/mol. The molecule has 2 unspecified atom stereocenters. The fraction of sp³-hybridized carbons (Fsp3) is 0.429. The minimum Gasteiger partial charge on any atom is -0.394 e. The number of hydrogen-bond acceptors (Lipinski definition) is 6. The van der Waals surface area contributed by atoms with Crippen molar-refractivity contribution in [2.45, 2.75) is 12.2 Å². The van der Waals surface area contributed by atoms with E-state index in [0.717, 1.165) is 0 Å². The lowest BCUT2D eigenvalue weighted by molar-refractivity contribution is -0.0173. The summed E-state index contributed by atoms with van der Waals surface area (Å²) < 4.78 is 0. The molecule has 0 spiro atoms. The fourth-order valence-electron chi connectivity index (χ4n) is 0.869. The smallest absolute Gasteiger partial charge is 0.155 e. The molecule has 0 aliphatic heterocycles. The van der Waals surface area contributed by atoms with E-state index in [9.17, 15) is 5.11 Å². The summed E-state index contributed by atoms with van der Waals surface area (Å²) in [6.45, 7) is -0.594. The molecule has 14 heavy (non-hydrogen) atoms. The molecule has 1 aromatic rings. The molecular formula is C7H10ClN3O3. The highest BCUT2D eigenvalue weighted by Crippen LogP contribution is 2.21. The van der Waals surface area contributed by atoms with Crippen molar-refractivity contribution in [1.82, 2.24) is 9.97 Å². The van der Waals surface area contributed by atoms with Crippen molar-refractivity contribution in [3.63, 3.8) is 0 Å². The van der Waals surface area contributed by atoms with Crippen LogP contribution in [0.3, 0.4) is 0 Å². The third kappa shape index (κ3) is 2.30. The predicted octanol–water partition coefficient (Wildman–Crippen LogP) is -0.901. The summed E-state index contributed by atoms with van der Waals surface area (Å²) in [6, 6.07) is 0. The number of aromatic nitrogens is 2. The maximum absolute atomic E-state index is 9.42. The molecule has 1 rings (SSSR count). The molecule has 2 atom stereocenters. The highest BCUT2D eigenvalue weighted by molar-refractivity contribution is 6.30. The first-order valence-corrected chi connectivity index (χ1v) is 4.19. The molecule has 0 saturated carbocycles. The second-order valence-electron chi connectivity index (χ2n) is 2.67. The highest BCUT2D eigenvalue weighted by atomic mass is 35.5. The zero-order valence-electron chi connectivity index (χ0n) is 7.13. The van der Waals surface area contributed by atoms with Gasteiger partial charge in [-0.25, -0.2) is 4.98 Å². The predicted molar refractivity (Wildman–Crippen MR) is 49.5 cm³/mol. The van der Waals surface area contributed by atoms with Crippen LogP contribution in [0, 0.1) is 0 Å². The molecule has 5 N–H and O–H groups in total. The summed E-state index contributed by atoms with van der Waals surface area (Å²) in [5, 5.41) is 27.0. The van der Waals surface area contributed by atoms with E-state index in [0.29, 0.717) is 0 Å². The van der Waals surface area contributed by atoms with E-state index in [1.54, 1.807) is 0 Å². The van der Waals surface area contributed by atoms with Crippen LogP contribution in [0.15, 0.2) is 6.20 Å². The van der Waals surface area contributed by atoms with Gasteiger partial charge in [0.1, 0.15) is 23.7 Å². The van der Waals surface area contributed by atoms with Gasteiger partial charge in [-0.2, -0.15) is 0 Å². The summed E-state index contributed by atoms with van der Waals surface area (Å²) in [5.74, 6) is 0.115. The Morgan fingerprint density at radius 1 is 1.50 bits per heavy atom. The number of nitrogen functional groups attached to an aromatic ring is 1. The van der Waals surface area contributed by atoms with E-state index in [4.69, 9.17) is 27.5 Å². The van der Waals surface area contributed by atoms with Crippen molar-refractivity contribution >= 4 is 17.4 Å². The third-order valence-corrected chi connectivity index (χ3v) is 1.88. The number of halogens is 1. The minimum absolute atomic E-state index is 0.0117. The number of nitrogens with two attached hydrogens (primary N) is 1. The molecule has 7 heteroatoms. The molecule has 0 radical (unpaired) electrons. The minimum atomic E-state index is -1.37. The summed E-state index contributed by atoms with van der Waals surface area (Å²) in [7, 11) is 0. The molecule has 0 aliphatic carbocycles. The second-order valence-corrected chi connectivity index (χ2v) is 3.02. The Hall–Kier alpha value is -0.950. The topological polar surface area (TPSA) is 112 Å². The van der Waals surface area contributed by atoms with Crippen molar-refractivity contribution in [3.05, 3.63) is 17.0 Å². The van der Waals surface area contributed by atoms with Crippen molar-refractivity contribution in [2.24, 2.45) is 0 Å². The van der Waals surface area contributed by atoms with Crippen molar-refractivity contribution < 1.29 is 15.3 Å². The number of anilines is 1. The van der Waals surface area contributed by atoms with Crippen LogP contribution in [-0.4, -0.2) is 38.0 Å². The number of aliphatic hydroxyl groups excluding tert-OH is 3. The van der Waals surface area contributed by atoms with Gasteiger partial charge < -0.3 is 21.1 Å². The lowest BCUT2D eigenvalue weighted by atomic mass is 10.1. The molecule has 0 aromatic carbocycles. The van der Waals surface area contributed by atoms with Crippen LogP contribution in [0.5, 0.6) is 0 Å². The molecule has 0 aliphatic rings. The first-order valence-electron chi connectivity index (χ1n) is 3.81. The Bertz CT molecular complexity index is 323. The maximum Gasteiger partial charge on any atom is 0.155 e. The first kappa shape index (κ1) is 11.1. The van der Waals surface area contributed by atoms with Crippen LogP contribution in [-0.2, 0) is 0 Å². The van der Waals surface area contributed by atoms with Gasteiger partial charge in [-0.3, -0.25) is 4.98 Å². The summed E-state index contributed by atoms with van der Waals surface area (Å²) >= 11 is 5.62. The van der Waals surface area contributed by atoms with E-state index in [2.05, 4.69) is 9.97 Å². The van der Waals surface area contributed by atoms with Gasteiger partial charge in [0.05, 0.1) is 12.8 Å². The molecule has 0 saturated heterocycles. The highest BCUT2D eigenvalue weighted by Gasteiger charge is 2.22. The zero-order valence-corrected chi connectivity index (χ0v) is 7.89. The average molecular weight is 220 g/mol. The molecule has 0 fully saturated rings. The Labute approximate surface area is 85.0 Å². The van der Waals surface area contributed by atoms with Gasteiger partial charge in [-0.1, -0.05) is 11.6 Å². The number of aliphatic hydroxyl groups is 3. The number of hydrogen-bond donors (Lipinski definition) is 4. The van der Waals surface area contributed by atoms with E-state index >= 15 is 0 Å². The Kier molecular flexibility index (Phi) is 3.59. The molecule has 0 bridgehead atoms. The lowest BCUT2D eigenvalue weighted by Gasteiger charge is -2.15. The lowest BCUT2D eigenvalue weighted by Crippen LogP contribution is -2.23. The maximum atomic E-state index is 9.42. The van der Waals surface area contributed by atoms with Gasteiger partial charge in [0.25, 0.3) is 0 Å². The summed E-state index contributed by atoms with van der Waals surface area (Å²) in [6.07, 6.45) is -1.51. The Morgan fingerprint density at radius 2 is 2.14 bits per heavy atom. The van der Waals surface area contributed by atoms with E-state index in [1.165, 1.54) is 6.20 Å². The van der Waals surface area contributed by atoms with Gasteiger partial charge in [-0.05, 0) is 0 Å².